The van der Waals surface area contributed by atoms with Crippen LogP contribution in [0.5, 0.6) is 11.5 Å². The van der Waals surface area contributed by atoms with Crippen LogP contribution in [0.2, 0.25) is 16.6 Å². The van der Waals surface area contributed by atoms with Crippen LogP contribution in [0.15, 0.2) is 17.0 Å². The van der Waals surface area contributed by atoms with Crippen LogP contribution in [0.25, 0.3) is 0 Å². The lowest BCUT2D eigenvalue weighted by Crippen LogP contribution is -2.50. The maximum atomic E-state index is 12.3. The molecule has 0 saturated carbocycles. The summed E-state index contributed by atoms with van der Waals surface area (Å²) < 4.78 is 36.3. The average molecular weight is 374 g/mol. The van der Waals surface area contributed by atoms with Crippen LogP contribution in [0.1, 0.15) is 41.5 Å². The number of nitrogens with two attached hydrogens (primary N) is 1. The first-order chi connectivity index (χ1) is 10.9. The lowest BCUT2D eigenvalue weighted by molar-refractivity contribution is 0.412. The molecule has 0 heterocycles. The number of hydrogen-bond donors (Lipinski definition) is 1. The summed E-state index contributed by atoms with van der Waals surface area (Å²) in [6, 6.07) is 3.05. The Kier molecular flexibility index (Phi) is 6.38. The molecule has 0 aliphatic rings. The molecule has 0 aliphatic carbocycles. The number of hydrogen-bond acceptors (Lipinski definition) is 5. The lowest BCUT2D eigenvalue weighted by Gasteiger charge is -2.42. The first kappa shape index (κ1) is 20.8. The molecule has 0 aliphatic heterocycles. The van der Waals surface area contributed by atoms with Gasteiger partial charge in [0.05, 0.1) is 12.8 Å². The number of ether oxygens (including phenoxy) is 1. The first-order valence-electron chi connectivity index (χ1n) is 8.24. The molecule has 2 N–H and O–H groups in total. The molecule has 0 atom stereocenters. The third-order valence-corrected chi connectivity index (χ3v) is 11.8. The van der Waals surface area contributed by atoms with Crippen molar-refractivity contribution in [1.29, 1.82) is 0 Å². The van der Waals surface area contributed by atoms with E-state index in [0.29, 0.717) is 33.8 Å². The summed E-state index contributed by atoms with van der Waals surface area (Å²) in [6.45, 7) is 12.9. The van der Waals surface area contributed by atoms with Gasteiger partial charge in [0.2, 0.25) is 0 Å². The molecule has 0 radical (unpaired) electrons. The normalized spacial score (nSPS) is 13.0. The summed E-state index contributed by atoms with van der Waals surface area (Å²) in [5, 5.41) is 0. The van der Waals surface area contributed by atoms with Crippen LogP contribution in [0.3, 0.4) is 0 Å². The third kappa shape index (κ3) is 3.88. The molecule has 24 heavy (non-hydrogen) atoms. The smallest absolute Gasteiger partial charge is 0.258 e. The van der Waals surface area contributed by atoms with Crippen LogP contribution in [-0.4, -0.2) is 30.1 Å². The molecule has 5 nitrogen and oxygen atoms in total. The standard InChI is InChI=1S/C17H31NO4SSi/c1-11(2)24(12(3)4,13(5)6)22-16-9-14(18)15(21-7)10-17(16)23(8,19)20/h9-13H,18H2,1-8H3. The molecule has 0 aromatic heterocycles. The Morgan fingerprint density at radius 3 is 1.75 bits per heavy atom. The van der Waals surface area contributed by atoms with Gasteiger partial charge in [0.1, 0.15) is 16.4 Å². The van der Waals surface area contributed by atoms with Crippen LogP contribution in [0, 0.1) is 0 Å². The van der Waals surface area contributed by atoms with E-state index < -0.39 is 18.2 Å². The Hall–Kier alpha value is -1.21. The van der Waals surface area contributed by atoms with Gasteiger partial charge in [0.15, 0.2) is 9.84 Å². The maximum Gasteiger partial charge on any atom is 0.258 e. The van der Waals surface area contributed by atoms with Gasteiger partial charge in [-0.25, -0.2) is 8.42 Å². The molecule has 0 bridgehead atoms. The molecule has 1 aromatic rings. The van der Waals surface area contributed by atoms with Crippen LogP contribution in [0.4, 0.5) is 5.69 Å². The van der Waals surface area contributed by atoms with E-state index in [1.54, 1.807) is 6.07 Å². The van der Waals surface area contributed by atoms with Gasteiger partial charge in [0.25, 0.3) is 8.32 Å². The quantitative estimate of drug-likeness (QED) is 0.571. The molecule has 1 aromatic carbocycles. The SMILES string of the molecule is COc1cc(S(C)(=O)=O)c(O[Si](C(C)C)(C(C)C)C(C)C)cc1N. The predicted octanol–water partition coefficient (Wildman–Crippen LogP) is 4.24. The van der Waals surface area contributed by atoms with Crippen LogP contribution < -0.4 is 14.9 Å². The fourth-order valence-electron chi connectivity index (χ4n) is 3.65. The van der Waals surface area contributed by atoms with Gasteiger partial charge >= 0.3 is 0 Å². The number of methoxy groups -OCH3 is 1. The van der Waals surface area contributed by atoms with Crippen molar-refractivity contribution in [2.75, 3.05) is 19.1 Å². The number of sulfone groups is 1. The van der Waals surface area contributed by atoms with Gasteiger partial charge in [-0.3, -0.25) is 0 Å². The summed E-state index contributed by atoms with van der Waals surface area (Å²) in [4.78, 5) is 0.132. The number of nitrogen functional groups attached to an aromatic ring is 1. The van der Waals surface area contributed by atoms with E-state index in [2.05, 4.69) is 41.5 Å². The van der Waals surface area contributed by atoms with E-state index >= 15 is 0 Å². The second kappa shape index (κ2) is 7.35. The zero-order valence-electron chi connectivity index (χ0n) is 16.0. The fourth-order valence-corrected chi connectivity index (χ4v) is 9.77. The van der Waals surface area contributed by atoms with Gasteiger partial charge in [-0.1, -0.05) is 41.5 Å². The molecule has 0 fully saturated rings. The summed E-state index contributed by atoms with van der Waals surface area (Å²) in [5.41, 5.74) is 7.36. The van der Waals surface area contributed by atoms with Crippen molar-refractivity contribution in [3.05, 3.63) is 12.1 Å². The summed E-state index contributed by atoms with van der Waals surface area (Å²) in [6.07, 6.45) is 1.17. The highest BCUT2D eigenvalue weighted by Crippen LogP contribution is 2.45. The lowest BCUT2D eigenvalue weighted by atomic mass is 10.3. The minimum absolute atomic E-state index is 0.132. The van der Waals surface area contributed by atoms with Gasteiger partial charge in [0, 0.05) is 18.4 Å². The van der Waals surface area contributed by atoms with Gasteiger partial charge in [-0.05, 0) is 16.6 Å². The minimum atomic E-state index is -3.47. The Morgan fingerprint density at radius 1 is 0.958 bits per heavy atom. The van der Waals surface area contributed by atoms with Crippen LogP contribution in [-0.2, 0) is 9.84 Å². The highest BCUT2D eigenvalue weighted by Gasteiger charge is 2.47. The highest BCUT2D eigenvalue weighted by atomic mass is 32.2. The van der Waals surface area contributed by atoms with Gasteiger partial charge < -0.3 is 14.9 Å². The van der Waals surface area contributed by atoms with E-state index in [0.717, 1.165) is 0 Å². The van der Waals surface area contributed by atoms with E-state index in [1.165, 1.54) is 19.4 Å². The predicted molar refractivity (Wildman–Crippen MR) is 102 cm³/mol. The molecule has 138 valence electrons. The zero-order valence-corrected chi connectivity index (χ0v) is 17.8. The maximum absolute atomic E-state index is 12.3. The molecule has 0 unspecified atom stereocenters. The first-order valence-corrected chi connectivity index (χ1v) is 12.3. The van der Waals surface area contributed by atoms with Crippen molar-refractivity contribution in [2.24, 2.45) is 0 Å². The molecular weight excluding hydrogens is 342 g/mol. The van der Waals surface area contributed by atoms with E-state index in [1.807, 2.05) is 0 Å². The van der Waals surface area contributed by atoms with Gasteiger partial charge in [-0.2, -0.15) is 0 Å². The molecule has 0 amide bonds. The third-order valence-electron chi connectivity index (χ3n) is 4.69. The summed E-state index contributed by atoms with van der Waals surface area (Å²) in [5.74, 6) is 0.687. The topological polar surface area (TPSA) is 78.6 Å². The second-order valence-electron chi connectivity index (χ2n) is 7.23. The van der Waals surface area contributed by atoms with Crippen molar-refractivity contribution >= 4 is 23.8 Å². The van der Waals surface area contributed by atoms with Crippen molar-refractivity contribution < 1.29 is 17.6 Å². The van der Waals surface area contributed by atoms with Crippen molar-refractivity contribution in [2.45, 2.75) is 63.1 Å². The second-order valence-corrected chi connectivity index (χ2v) is 14.6. The Balaban J connectivity index is 3.63. The summed E-state index contributed by atoms with van der Waals surface area (Å²) in [7, 11) is -4.29. The van der Waals surface area contributed by atoms with Crippen LogP contribution >= 0.6 is 0 Å². The zero-order chi connectivity index (χ0) is 18.9. The Morgan fingerprint density at radius 2 is 1.42 bits per heavy atom. The monoisotopic (exact) mass is 373 g/mol. The molecular formula is C17H31NO4SSi. The molecule has 0 saturated heterocycles. The number of anilines is 1. The highest BCUT2D eigenvalue weighted by molar-refractivity contribution is 7.90. The van der Waals surface area contributed by atoms with Crippen molar-refractivity contribution in [3.63, 3.8) is 0 Å². The van der Waals surface area contributed by atoms with E-state index in [9.17, 15) is 8.42 Å². The van der Waals surface area contributed by atoms with Crippen molar-refractivity contribution in [1.82, 2.24) is 0 Å². The Labute approximate surface area is 147 Å². The average Bonchev–Trinajstić information content (AvgIpc) is 2.42. The van der Waals surface area contributed by atoms with Crippen molar-refractivity contribution in [3.8, 4) is 11.5 Å². The minimum Gasteiger partial charge on any atom is -0.542 e. The molecule has 0 spiro atoms. The van der Waals surface area contributed by atoms with E-state index in [-0.39, 0.29) is 4.90 Å². The fraction of sp³-hybridized carbons (Fsp3) is 0.647. The number of rotatable bonds is 7. The van der Waals surface area contributed by atoms with E-state index in [4.69, 9.17) is 14.9 Å². The summed E-state index contributed by atoms with van der Waals surface area (Å²) >= 11 is 0. The molecule has 7 heteroatoms. The Bertz CT molecular complexity index is 662. The van der Waals surface area contributed by atoms with Gasteiger partial charge in [-0.15, -0.1) is 0 Å². The number of benzene rings is 1. The largest absolute Gasteiger partial charge is 0.542 e. The molecule has 1 rings (SSSR count).